The SMILES string of the molecule is CC1=CC(c2cccc([N+](=O)[O-])c2)=CCN1C. The number of hydrogen-bond acceptors (Lipinski definition) is 3. The molecule has 1 heterocycles. The highest BCUT2D eigenvalue weighted by Crippen LogP contribution is 2.25. The Labute approximate surface area is 100 Å². The molecule has 0 unspecified atom stereocenters. The Kier molecular flexibility index (Phi) is 2.95. The number of nitro benzene ring substituents is 1. The van der Waals surface area contributed by atoms with Crippen LogP contribution in [0.15, 0.2) is 42.1 Å². The monoisotopic (exact) mass is 230 g/mol. The van der Waals surface area contributed by atoms with Gasteiger partial charge in [-0.2, -0.15) is 0 Å². The zero-order valence-electron chi connectivity index (χ0n) is 9.88. The molecule has 2 rings (SSSR count). The maximum absolute atomic E-state index is 10.7. The third kappa shape index (κ3) is 2.36. The van der Waals surface area contributed by atoms with Crippen molar-refractivity contribution >= 4 is 11.3 Å². The molecule has 0 amide bonds. The van der Waals surface area contributed by atoms with Crippen LogP contribution in [0.2, 0.25) is 0 Å². The van der Waals surface area contributed by atoms with E-state index in [9.17, 15) is 10.1 Å². The number of benzene rings is 1. The van der Waals surface area contributed by atoms with Crippen LogP contribution in [0.4, 0.5) is 5.69 Å². The molecule has 17 heavy (non-hydrogen) atoms. The largest absolute Gasteiger partial charge is 0.374 e. The van der Waals surface area contributed by atoms with Gasteiger partial charge in [0.25, 0.3) is 5.69 Å². The number of rotatable bonds is 2. The average molecular weight is 230 g/mol. The number of hydrogen-bond donors (Lipinski definition) is 0. The molecule has 0 atom stereocenters. The highest BCUT2D eigenvalue weighted by molar-refractivity contribution is 5.76. The van der Waals surface area contributed by atoms with Crippen molar-refractivity contribution in [2.24, 2.45) is 0 Å². The lowest BCUT2D eigenvalue weighted by atomic mass is 10.0. The van der Waals surface area contributed by atoms with Gasteiger partial charge in [-0.05, 0) is 24.1 Å². The quantitative estimate of drug-likeness (QED) is 0.579. The number of allylic oxidation sites excluding steroid dienone is 3. The van der Waals surface area contributed by atoms with Gasteiger partial charge in [0, 0.05) is 31.4 Å². The second kappa shape index (κ2) is 4.41. The van der Waals surface area contributed by atoms with E-state index in [1.807, 2.05) is 26.1 Å². The Morgan fingerprint density at radius 1 is 1.41 bits per heavy atom. The van der Waals surface area contributed by atoms with E-state index in [0.717, 1.165) is 23.4 Å². The number of nitro groups is 1. The molecule has 0 fully saturated rings. The maximum Gasteiger partial charge on any atom is 0.270 e. The standard InChI is InChI=1S/C13H14N2O2/c1-10-8-12(6-7-14(10)2)11-4-3-5-13(9-11)15(16)17/h3-6,8-9H,7H2,1-2H3. The van der Waals surface area contributed by atoms with Crippen LogP contribution in [-0.4, -0.2) is 23.4 Å². The third-order valence-corrected chi connectivity index (χ3v) is 2.94. The number of nitrogens with zero attached hydrogens (tertiary/aromatic N) is 2. The molecule has 1 aromatic rings. The summed E-state index contributed by atoms with van der Waals surface area (Å²) in [6.07, 6.45) is 4.12. The highest BCUT2D eigenvalue weighted by Gasteiger charge is 2.11. The van der Waals surface area contributed by atoms with E-state index in [1.165, 1.54) is 6.07 Å². The lowest BCUT2D eigenvalue weighted by Gasteiger charge is -2.23. The number of non-ortho nitro benzene ring substituents is 1. The van der Waals surface area contributed by atoms with E-state index in [-0.39, 0.29) is 10.6 Å². The molecule has 0 radical (unpaired) electrons. The second-order valence-electron chi connectivity index (χ2n) is 4.13. The molecule has 1 aliphatic rings. The fourth-order valence-corrected chi connectivity index (χ4v) is 1.77. The van der Waals surface area contributed by atoms with E-state index in [4.69, 9.17) is 0 Å². The van der Waals surface area contributed by atoms with Gasteiger partial charge in [0.2, 0.25) is 0 Å². The van der Waals surface area contributed by atoms with Crippen LogP contribution in [0.1, 0.15) is 12.5 Å². The van der Waals surface area contributed by atoms with Gasteiger partial charge < -0.3 is 4.90 Å². The summed E-state index contributed by atoms with van der Waals surface area (Å²) in [5, 5.41) is 10.7. The van der Waals surface area contributed by atoms with Gasteiger partial charge in [0.15, 0.2) is 0 Å². The molecule has 88 valence electrons. The van der Waals surface area contributed by atoms with Crippen LogP contribution >= 0.6 is 0 Å². The summed E-state index contributed by atoms with van der Waals surface area (Å²) in [5.41, 5.74) is 3.23. The van der Waals surface area contributed by atoms with Crippen LogP contribution < -0.4 is 0 Å². The van der Waals surface area contributed by atoms with Gasteiger partial charge in [-0.3, -0.25) is 10.1 Å². The predicted octanol–water partition coefficient (Wildman–Crippen LogP) is 2.83. The van der Waals surface area contributed by atoms with Gasteiger partial charge >= 0.3 is 0 Å². The van der Waals surface area contributed by atoms with Gasteiger partial charge in [-0.25, -0.2) is 0 Å². The summed E-state index contributed by atoms with van der Waals surface area (Å²) >= 11 is 0. The lowest BCUT2D eigenvalue weighted by molar-refractivity contribution is -0.384. The Bertz CT molecular complexity index is 518. The van der Waals surface area contributed by atoms with Crippen LogP contribution in [0.5, 0.6) is 0 Å². The van der Waals surface area contributed by atoms with Gasteiger partial charge in [-0.15, -0.1) is 0 Å². The van der Waals surface area contributed by atoms with Crippen molar-refractivity contribution in [2.45, 2.75) is 6.92 Å². The van der Waals surface area contributed by atoms with Gasteiger partial charge in [-0.1, -0.05) is 18.2 Å². The summed E-state index contributed by atoms with van der Waals surface area (Å²) < 4.78 is 0. The summed E-state index contributed by atoms with van der Waals surface area (Å²) in [4.78, 5) is 12.5. The summed E-state index contributed by atoms with van der Waals surface area (Å²) in [7, 11) is 2.02. The molecule has 0 aromatic heterocycles. The first-order chi connectivity index (χ1) is 8.08. The first-order valence-electron chi connectivity index (χ1n) is 5.42. The van der Waals surface area contributed by atoms with Crippen molar-refractivity contribution in [3.63, 3.8) is 0 Å². The molecule has 1 aliphatic heterocycles. The Balaban J connectivity index is 2.36. The van der Waals surface area contributed by atoms with Crippen molar-refractivity contribution < 1.29 is 4.92 Å². The van der Waals surface area contributed by atoms with Crippen LogP contribution in [0, 0.1) is 10.1 Å². The van der Waals surface area contributed by atoms with Gasteiger partial charge in [0.05, 0.1) is 4.92 Å². The van der Waals surface area contributed by atoms with Crippen molar-refractivity contribution in [2.75, 3.05) is 13.6 Å². The first-order valence-corrected chi connectivity index (χ1v) is 5.42. The van der Waals surface area contributed by atoms with E-state index < -0.39 is 0 Å². The molecule has 0 N–H and O–H groups in total. The second-order valence-corrected chi connectivity index (χ2v) is 4.13. The van der Waals surface area contributed by atoms with Crippen molar-refractivity contribution in [1.82, 2.24) is 4.90 Å². The Hall–Kier alpha value is -2.10. The minimum absolute atomic E-state index is 0.133. The van der Waals surface area contributed by atoms with E-state index in [0.29, 0.717) is 0 Å². The predicted molar refractivity (Wildman–Crippen MR) is 67.5 cm³/mol. The minimum atomic E-state index is -0.365. The fraction of sp³-hybridized carbons (Fsp3) is 0.231. The molecule has 0 aliphatic carbocycles. The molecule has 0 saturated carbocycles. The smallest absolute Gasteiger partial charge is 0.270 e. The maximum atomic E-state index is 10.7. The molecule has 0 saturated heterocycles. The molecule has 0 bridgehead atoms. The summed E-state index contributed by atoms with van der Waals surface area (Å²) in [6.45, 7) is 2.87. The van der Waals surface area contributed by atoms with Crippen molar-refractivity contribution in [3.05, 3.63) is 57.8 Å². The van der Waals surface area contributed by atoms with Crippen molar-refractivity contribution in [3.8, 4) is 0 Å². The summed E-state index contributed by atoms with van der Waals surface area (Å²) in [5.74, 6) is 0. The molecular formula is C13H14N2O2. The Morgan fingerprint density at radius 2 is 2.18 bits per heavy atom. The fourth-order valence-electron chi connectivity index (χ4n) is 1.77. The first kappa shape index (κ1) is 11.4. The summed E-state index contributed by atoms with van der Waals surface area (Å²) in [6, 6.07) is 6.74. The zero-order valence-corrected chi connectivity index (χ0v) is 9.88. The molecule has 0 spiro atoms. The molecule has 4 nitrogen and oxygen atoms in total. The van der Waals surface area contributed by atoms with Crippen molar-refractivity contribution in [1.29, 1.82) is 0 Å². The third-order valence-electron chi connectivity index (χ3n) is 2.94. The van der Waals surface area contributed by atoms with E-state index >= 15 is 0 Å². The lowest BCUT2D eigenvalue weighted by Crippen LogP contribution is -2.18. The topological polar surface area (TPSA) is 46.4 Å². The Morgan fingerprint density at radius 3 is 2.82 bits per heavy atom. The van der Waals surface area contributed by atoms with Crippen LogP contribution in [0.3, 0.4) is 0 Å². The molecule has 4 heteroatoms. The van der Waals surface area contributed by atoms with E-state index in [1.54, 1.807) is 12.1 Å². The minimum Gasteiger partial charge on any atom is -0.374 e. The number of likely N-dealkylation sites (N-methyl/N-ethyl adjacent to an activating group) is 1. The van der Waals surface area contributed by atoms with Gasteiger partial charge in [0.1, 0.15) is 0 Å². The average Bonchev–Trinajstić information content (AvgIpc) is 2.33. The molecule has 1 aromatic carbocycles. The highest BCUT2D eigenvalue weighted by atomic mass is 16.6. The van der Waals surface area contributed by atoms with E-state index in [2.05, 4.69) is 11.0 Å². The van der Waals surface area contributed by atoms with Crippen LogP contribution in [0.25, 0.3) is 5.57 Å². The zero-order chi connectivity index (χ0) is 12.4. The van der Waals surface area contributed by atoms with Crippen LogP contribution in [-0.2, 0) is 0 Å². The molecular weight excluding hydrogens is 216 g/mol. The normalized spacial score (nSPS) is 15.3.